The zero-order valence-corrected chi connectivity index (χ0v) is 15.9. The number of thiazole rings is 1. The van der Waals surface area contributed by atoms with Crippen LogP contribution in [-0.4, -0.2) is 17.4 Å². The Balaban J connectivity index is 1.63. The highest BCUT2D eigenvalue weighted by molar-refractivity contribution is 7.15. The Morgan fingerprint density at radius 3 is 2.56 bits per heavy atom. The van der Waals surface area contributed by atoms with Gasteiger partial charge in [-0.2, -0.15) is 0 Å². The highest BCUT2D eigenvalue weighted by Crippen LogP contribution is 2.29. The normalized spacial score (nSPS) is 10.7. The molecule has 0 atom stereocenters. The molecule has 0 radical (unpaired) electrons. The molecule has 0 aliphatic heterocycles. The lowest BCUT2D eigenvalue weighted by atomic mass is 10.2. The van der Waals surface area contributed by atoms with Crippen LogP contribution in [0, 0.1) is 6.92 Å². The molecule has 0 aliphatic carbocycles. The van der Waals surface area contributed by atoms with Crippen molar-refractivity contribution in [2.24, 2.45) is 0 Å². The van der Waals surface area contributed by atoms with Crippen LogP contribution in [0.3, 0.4) is 0 Å². The second-order valence-electron chi connectivity index (χ2n) is 5.52. The molecule has 3 nitrogen and oxygen atoms in total. The van der Waals surface area contributed by atoms with Crippen molar-refractivity contribution in [3.63, 3.8) is 0 Å². The van der Waals surface area contributed by atoms with Crippen molar-refractivity contribution in [2.75, 3.05) is 6.54 Å². The molecule has 1 N–H and O–H groups in total. The number of amides is 1. The van der Waals surface area contributed by atoms with Crippen LogP contribution in [0.15, 0.2) is 48.5 Å². The third-order valence-corrected chi connectivity index (χ3v) is 5.59. The molecule has 0 saturated heterocycles. The molecule has 0 saturated carbocycles. The van der Waals surface area contributed by atoms with E-state index in [1.807, 2.05) is 31.2 Å². The van der Waals surface area contributed by atoms with Crippen LogP contribution in [0.4, 0.5) is 0 Å². The van der Waals surface area contributed by atoms with Gasteiger partial charge < -0.3 is 5.32 Å². The largest absolute Gasteiger partial charge is 0.352 e. The molecule has 3 aromatic rings. The first-order chi connectivity index (χ1) is 12.0. The molecular formula is C19H16Cl2N2OS. The summed E-state index contributed by atoms with van der Waals surface area (Å²) in [7, 11) is 0. The van der Waals surface area contributed by atoms with Gasteiger partial charge in [-0.25, -0.2) is 4.98 Å². The first kappa shape index (κ1) is 17.9. The molecule has 3 rings (SSSR count). The number of aromatic nitrogens is 1. The van der Waals surface area contributed by atoms with Gasteiger partial charge in [-0.3, -0.25) is 4.79 Å². The molecule has 0 aliphatic rings. The molecule has 0 fully saturated rings. The summed E-state index contributed by atoms with van der Waals surface area (Å²) in [6, 6.07) is 14.7. The van der Waals surface area contributed by atoms with Crippen molar-refractivity contribution in [3.05, 3.63) is 74.7 Å². The van der Waals surface area contributed by atoms with Gasteiger partial charge >= 0.3 is 0 Å². The molecule has 6 heteroatoms. The average Bonchev–Trinajstić information content (AvgIpc) is 2.97. The Morgan fingerprint density at radius 1 is 1.12 bits per heavy atom. The zero-order valence-electron chi connectivity index (χ0n) is 13.6. The maximum atomic E-state index is 12.2. The maximum absolute atomic E-state index is 12.2. The molecule has 1 aromatic heterocycles. The lowest BCUT2D eigenvalue weighted by Gasteiger charge is -2.06. The zero-order chi connectivity index (χ0) is 17.8. The van der Waals surface area contributed by atoms with Crippen molar-refractivity contribution in [2.45, 2.75) is 13.3 Å². The van der Waals surface area contributed by atoms with Crippen LogP contribution in [0.25, 0.3) is 10.6 Å². The molecule has 0 unspecified atom stereocenters. The number of rotatable bonds is 5. The Hall–Kier alpha value is -1.88. The maximum Gasteiger partial charge on any atom is 0.252 e. The number of aryl methyl sites for hydroxylation is 1. The summed E-state index contributed by atoms with van der Waals surface area (Å²) in [5, 5.41) is 5.04. The Labute approximate surface area is 160 Å². The summed E-state index contributed by atoms with van der Waals surface area (Å²) < 4.78 is 0. The number of nitrogens with zero attached hydrogens (tertiary/aromatic N) is 1. The lowest BCUT2D eigenvalue weighted by Crippen LogP contribution is -2.25. The van der Waals surface area contributed by atoms with E-state index in [0.29, 0.717) is 22.2 Å². The molecule has 2 aromatic carbocycles. The molecule has 0 spiro atoms. The van der Waals surface area contributed by atoms with Crippen molar-refractivity contribution >= 4 is 40.4 Å². The lowest BCUT2D eigenvalue weighted by molar-refractivity contribution is 0.0954. The summed E-state index contributed by atoms with van der Waals surface area (Å²) in [5.41, 5.74) is 2.53. The molecule has 1 amide bonds. The van der Waals surface area contributed by atoms with E-state index in [-0.39, 0.29) is 5.91 Å². The predicted octanol–water partition coefficient (Wildman–Crippen LogP) is 5.40. The molecular weight excluding hydrogens is 375 g/mol. The monoisotopic (exact) mass is 390 g/mol. The van der Waals surface area contributed by atoms with Crippen LogP contribution in [0.2, 0.25) is 10.0 Å². The van der Waals surface area contributed by atoms with Crippen LogP contribution < -0.4 is 5.32 Å². The smallest absolute Gasteiger partial charge is 0.252 e. The molecule has 128 valence electrons. The van der Waals surface area contributed by atoms with E-state index < -0.39 is 0 Å². The van der Waals surface area contributed by atoms with Crippen LogP contribution >= 0.6 is 34.5 Å². The van der Waals surface area contributed by atoms with Crippen LogP contribution in [0.1, 0.15) is 20.9 Å². The van der Waals surface area contributed by atoms with E-state index in [2.05, 4.69) is 10.3 Å². The van der Waals surface area contributed by atoms with E-state index in [0.717, 1.165) is 27.6 Å². The minimum Gasteiger partial charge on any atom is -0.352 e. The SMILES string of the molecule is Cc1nc(-c2ccc(Cl)cc2)sc1CCNC(=O)c1ccccc1Cl. The van der Waals surface area contributed by atoms with E-state index in [9.17, 15) is 4.79 Å². The standard InChI is InChI=1S/C19H16Cl2N2OS/c1-12-17(25-19(23-12)13-6-8-14(20)9-7-13)10-11-22-18(24)15-4-2-3-5-16(15)21/h2-9H,10-11H2,1H3,(H,22,24). The van der Waals surface area contributed by atoms with Gasteiger partial charge in [0.05, 0.1) is 16.3 Å². The van der Waals surface area contributed by atoms with Crippen LogP contribution in [0.5, 0.6) is 0 Å². The first-order valence-corrected chi connectivity index (χ1v) is 9.37. The highest BCUT2D eigenvalue weighted by Gasteiger charge is 2.12. The summed E-state index contributed by atoms with van der Waals surface area (Å²) in [6.45, 7) is 2.52. The van der Waals surface area contributed by atoms with E-state index in [1.54, 1.807) is 35.6 Å². The summed E-state index contributed by atoms with van der Waals surface area (Å²) in [6.07, 6.45) is 0.729. The number of carbonyl (C=O) groups excluding carboxylic acids is 1. The fraction of sp³-hybridized carbons (Fsp3) is 0.158. The topological polar surface area (TPSA) is 42.0 Å². The summed E-state index contributed by atoms with van der Waals surface area (Å²) in [4.78, 5) is 18.0. The number of nitrogens with one attached hydrogen (secondary N) is 1. The van der Waals surface area contributed by atoms with E-state index >= 15 is 0 Å². The van der Waals surface area contributed by atoms with Gasteiger partial charge in [0, 0.05) is 28.4 Å². The van der Waals surface area contributed by atoms with Crippen molar-refractivity contribution in [1.29, 1.82) is 0 Å². The summed E-state index contributed by atoms with van der Waals surface area (Å²) >= 11 is 13.6. The van der Waals surface area contributed by atoms with E-state index in [1.165, 1.54) is 0 Å². The van der Waals surface area contributed by atoms with Gasteiger partial charge in [-0.15, -0.1) is 11.3 Å². The first-order valence-electron chi connectivity index (χ1n) is 7.79. The van der Waals surface area contributed by atoms with Gasteiger partial charge in [0.15, 0.2) is 0 Å². The highest BCUT2D eigenvalue weighted by atomic mass is 35.5. The third-order valence-electron chi connectivity index (χ3n) is 3.74. The fourth-order valence-corrected chi connectivity index (χ4v) is 3.82. The van der Waals surface area contributed by atoms with Gasteiger partial charge in [0.1, 0.15) is 5.01 Å². The van der Waals surface area contributed by atoms with Crippen molar-refractivity contribution in [3.8, 4) is 10.6 Å². The number of hydrogen-bond acceptors (Lipinski definition) is 3. The van der Waals surface area contributed by atoms with Crippen molar-refractivity contribution < 1.29 is 4.79 Å². The Bertz CT molecular complexity index is 891. The number of hydrogen-bond donors (Lipinski definition) is 1. The number of halogens is 2. The van der Waals surface area contributed by atoms with Gasteiger partial charge in [-0.05, 0) is 31.2 Å². The fourth-order valence-electron chi connectivity index (χ4n) is 2.41. The minimum absolute atomic E-state index is 0.161. The second kappa shape index (κ2) is 8.00. The molecule has 1 heterocycles. The Morgan fingerprint density at radius 2 is 1.84 bits per heavy atom. The average molecular weight is 391 g/mol. The van der Waals surface area contributed by atoms with Crippen LogP contribution in [-0.2, 0) is 6.42 Å². The van der Waals surface area contributed by atoms with E-state index in [4.69, 9.17) is 23.2 Å². The second-order valence-corrected chi connectivity index (χ2v) is 7.45. The van der Waals surface area contributed by atoms with Gasteiger partial charge in [0.25, 0.3) is 5.91 Å². The molecule has 25 heavy (non-hydrogen) atoms. The quantitative estimate of drug-likeness (QED) is 0.633. The number of carbonyl (C=O) groups is 1. The summed E-state index contributed by atoms with van der Waals surface area (Å²) in [5.74, 6) is -0.161. The van der Waals surface area contributed by atoms with Gasteiger partial charge in [-0.1, -0.05) is 47.5 Å². The van der Waals surface area contributed by atoms with Gasteiger partial charge in [0.2, 0.25) is 0 Å². The van der Waals surface area contributed by atoms with Crippen molar-refractivity contribution in [1.82, 2.24) is 10.3 Å². The minimum atomic E-state index is -0.161. The number of benzene rings is 2. The Kier molecular flexibility index (Phi) is 5.74. The third kappa shape index (κ3) is 4.40. The predicted molar refractivity (Wildman–Crippen MR) is 105 cm³/mol. The molecule has 0 bridgehead atoms.